The molecule has 1 aromatic rings. The van der Waals surface area contributed by atoms with Crippen LogP contribution < -0.4 is 0 Å². The normalized spacial score (nSPS) is 36.4. The van der Waals surface area contributed by atoms with Gasteiger partial charge in [0, 0.05) is 18.3 Å². The van der Waals surface area contributed by atoms with Crippen molar-refractivity contribution in [2.75, 3.05) is 0 Å². The number of ketones is 1. The van der Waals surface area contributed by atoms with E-state index in [4.69, 9.17) is 5.11 Å². The van der Waals surface area contributed by atoms with Crippen molar-refractivity contribution in [3.8, 4) is 5.75 Å². The first-order valence-corrected chi connectivity index (χ1v) is 9.47. The Kier molecular flexibility index (Phi) is 3.89. The summed E-state index contributed by atoms with van der Waals surface area (Å²) in [6.45, 7) is 2.13. The van der Waals surface area contributed by atoms with Crippen molar-refractivity contribution in [1.29, 1.82) is 0 Å². The summed E-state index contributed by atoms with van der Waals surface area (Å²) in [4.78, 5) is 23.8. The van der Waals surface area contributed by atoms with E-state index in [-0.39, 0.29) is 17.8 Å². The predicted octanol–water partition coefficient (Wildman–Crippen LogP) is 3.91. The lowest BCUT2D eigenvalue weighted by atomic mass is 9.54. The molecule has 3 aliphatic rings. The van der Waals surface area contributed by atoms with Crippen molar-refractivity contribution in [3.05, 3.63) is 29.3 Å². The summed E-state index contributed by atoms with van der Waals surface area (Å²) in [6.07, 6.45) is 5.24. The summed E-state index contributed by atoms with van der Waals surface area (Å²) in [5, 5.41) is 18.9. The van der Waals surface area contributed by atoms with Crippen LogP contribution in [0.5, 0.6) is 5.75 Å². The van der Waals surface area contributed by atoms with E-state index >= 15 is 0 Å². The first-order chi connectivity index (χ1) is 11.9. The van der Waals surface area contributed by atoms with Crippen molar-refractivity contribution < 1.29 is 19.8 Å². The first kappa shape index (κ1) is 16.6. The number of hydrogen-bond acceptors (Lipinski definition) is 3. The second kappa shape index (κ2) is 5.86. The van der Waals surface area contributed by atoms with Gasteiger partial charge in [0.1, 0.15) is 11.5 Å². The summed E-state index contributed by atoms with van der Waals surface area (Å²) in [5.74, 6) is 1.33. The summed E-state index contributed by atoms with van der Waals surface area (Å²) in [6, 6.07) is 5.73. The third kappa shape index (κ3) is 2.57. The third-order valence-electron chi connectivity index (χ3n) is 7.28. The number of benzene rings is 1. The molecule has 3 aliphatic carbocycles. The third-order valence-corrected chi connectivity index (χ3v) is 7.28. The lowest BCUT2D eigenvalue weighted by molar-refractivity contribution is -0.137. The minimum absolute atomic E-state index is 0.159. The smallest absolute Gasteiger partial charge is 0.303 e. The maximum Gasteiger partial charge on any atom is 0.303 e. The highest BCUT2D eigenvalue weighted by molar-refractivity contribution is 5.87. The molecule has 0 heterocycles. The number of aliphatic carboxylic acids is 1. The van der Waals surface area contributed by atoms with Gasteiger partial charge >= 0.3 is 5.97 Å². The fourth-order valence-electron chi connectivity index (χ4n) is 6.20. The number of hydrogen-bond donors (Lipinski definition) is 2. The van der Waals surface area contributed by atoms with Gasteiger partial charge < -0.3 is 10.2 Å². The van der Waals surface area contributed by atoms with Gasteiger partial charge in [0.2, 0.25) is 0 Å². The molecule has 134 valence electrons. The van der Waals surface area contributed by atoms with Crippen molar-refractivity contribution in [1.82, 2.24) is 0 Å². The highest BCUT2D eigenvalue weighted by atomic mass is 16.4. The highest BCUT2D eigenvalue weighted by Gasteiger charge is 2.58. The van der Waals surface area contributed by atoms with E-state index in [2.05, 4.69) is 13.0 Å². The molecule has 0 bridgehead atoms. The van der Waals surface area contributed by atoms with Gasteiger partial charge in [0.05, 0.1) is 0 Å². The minimum Gasteiger partial charge on any atom is -0.508 e. The average Bonchev–Trinajstić information content (AvgIpc) is 2.83. The number of phenols is 1. The molecular weight excluding hydrogens is 316 g/mol. The molecule has 0 amide bonds. The van der Waals surface area contributed by atoms with Crippen molar-refractivity contribution >= 4 is 11.8 Å². The minimum atomic E-state index is -0.766. The van der Waals surface area contributed by atoms with E-state index in [1.165, 1.54) is 11.1 Å². The molecule has 4 rings (SSSR count). The van der Waals surface area contributed by atoms with Crippen LogP contribution in [0.15, 0.2) is 18.2 Å². The predicted molar refractivity (Wildman–Crippen MR) is 93.5 cm³/mol. The Bertz CT molecular complexity index is 725. The number of Topliss-reactive ketones (excluding diaryl/α,β-unsaturated/α-hetero) is 1. The second-order valence-electron chi connectivity index (χ2n) is 8.49. The van der Waals surface area contributed by atoms with E-state index < -0.39 is 5.97 Å². The maximum absolute atomic E-state index is 12.8. The van der Waals surface area contributed by atoms with E-state index in [9.17, 15) is 14.7 Å². The number of carboxylic acid groups (broad SMARTS) is 1. The largest absolute Gasteiger partial charge is 0.508 e. The molecular formula is C21H26O4. The molecule has 0 spiro atoms. The molecule has 0 aromatic heterocycles. The number of carbonyl (C=O) groups excluding carboxylic acids is 1. The topological polar surface area (TPSA) is 74.6 Å². The van der Waals surface area contributed by atoms with Crippen LogP contribution in [0.3, 0.4) is 0 Å². The summed E-state index contributed by atoms with van der Waals surface area (Å²) in [7, 11) is 0. The molecule has 2 N–H and O–H groups in total. The van der Waals surface area contributed by atoms with Gasteiger partial charge in [-0.15, -0.1) is 0 Å². The zero-order chi connectivity index (χ0) is 17.8. The molecule has 2 saturated carbocycles. The molecule has 0 aliphatic heterocycles. The van der Waals surface area contributed by atoms with Gasteiger partial charge in [-0.05, 0) is 79.0 Å². The van der Waals surface area contributed by atoms with Crippen molar-refractivity contribution in [2.45, 2.75) is 57.8 Å². The van der Waals surface area contributed by atoms with Crippen LogP contribution in [-0.4, -0.2) is 22.0 Å². The van der Waals surface area contributed by atoms with Crippen LogP contribution in [0, 0.1) is 23.2 Å². The van der Waals surface area contributed by atoms with Crippen LogP contribution in [0.4, 0.5) is 0 Å². The van der Waals surface area contributed by atoms with E-state index in [1.807, 2.05) is 6.07 Å². The van der Waals surface area contributed by atoms with Crippen LogP contribution in [0.1, 0.15) is 62.5 Å². The number of carbonyl (C=O) groups is 2. The van der Waals surface area contributed by atoms with Gasteiger partial charge in [-0.1, -0.05) is 13.0 Å². The molecule has 5 atom stereocenters. The Morgan fingerprint density at radius 1 is 1.32 bits per heavy atom. The lowest BCUT2D eigenvalue weighted by Crippen LogP contribution is -2.44. The lowest BCUT2D eigenvalue weighted by Gasteiger charge is -2.50. The van der Waals surface area contributed by atoms with Crippen LogP contribution in [0.25, 0.3) is 0 Å². The number of aromatic hydroxyl groups is 1. The molecule has 4 heteroatoms. The van der Waals surface area contributed by atoms with Gasteiger partial charge in [-0.25, -0.2) is 0 Å². The quantitative estimate of drug-likeness (QED) is 0.873. The summed E-state index contributed by atoms with van der Waals surface area (Å²) >= 11 is 0. The Morgan fingerprint density at radius 3 is 2.88 bits per heavy atom. The van der Waals surface area contributed by atoms with E-state index in [1.54, 1.807) is 6.07 Å². The molecule has 0 saturated heterocycles. The zero-order valence-electron chi connectivity index (χ0n) is 14.7. The van der Waals surface area contributed by atoms with E-state index in [0.29, 0.717) is 42.1 Å². The highest BCUT2D eigenvalue weighted by Crippen LogP contribution is 2.62. The summed E-state index contributed by atoms with van der Waals surface area (Å²) < 4.78 is 0. The van der Waals surface area contributed by atoms with Gasteiger partial charge in [-0.3, -0.25) is 9.59 Å². The monoisotopic (exact) mass is 342 g/mol. The van der Waals surface area contributed by atoms with E-state index in [0.717, 1.165) is 25.7 Å². The molecule has 4 nitrogen and oxygen atoms in total. The summed E-state index contributed by atoms with van der Waals surface area (Å²) in [5.41, 5.74) is 2.32. The van der Waals surface area contributed by atoms with Gasteiger partial charge in [0.15, 0.2) is 0 Å². The fourth-order valence-corrected chi connectivity index (χ4v) is 6.20. The number of rotatable bonds is 3. The molecule has 2 fully saturated rings. The Morgan fingerprint density at radius 2 is 2.12 bits per heavy atom. The molecule has 0 radical (unpaired) electrons. The number of carboxylic acids is 1. The van der Waals surface area contributed by atoms with Crippen LogP contribution >= 0.6 is 0 Å². The first-order valence-electron chi connectivity index (χ1n) is 9.47. The van der Waals surface area contributed by atoms with Crippen LogP contribution in [0.2, 0.25) is 0 Å². The number of fused-ring (bicyclic) bond motifs is 5. The SMILES string of the molecule is CC12CCC3c4ccc(O)cc4CCC3C1C(CCC(=O)O)CC2=O. The Labute approximate surface area is 148 Å². The number of phenolic OH excluding ortho intramolecular Hbond substituents is 1. The zero-order valence-corrected chi connectivity index (χ0v) is 14.7. The molecule has 1 aromatic carbocycles. The standard InChI is InChI=1S/C21H26O4/c1-21-9-8-16-15-6-4-14(22)10-12(15)2-5-17(16)20(21)13(11-18(21)23)3-7-19(24)25/h4,6,10,13,16-17,20,22H,2-3,5,7-9,11H2,1H3,(H,24,25). The second-order valence-corrected chi connectivity index (χ2v) is 8.49. The van der Waals surface area contributed by atoms with Crippen molar-refractivity contribution in [3.63, 3.8) is 0 Å². The van der Waals surface area contributed by atoms with Crippen molar-refractivity contribution in [2.24, 2.45) is 23.2 Å². The van der Waals surface area contributed by atoms with Crippen LogP contribution in [-0.2, 0) is 16.0 Å². The molecule has 5 unspecified atom stereocenters. The average molecular weight is 342 g/mol. The Balaban J connectivity index is 1.67. The Hall–Kier alpha value is -1.84. The molecule has 25 heavy (non-hydrogen) atoms. The van der Waals surface area contributed by atoms with Gasteiger partial charge in [-0.2, -0.15) is 0 Å². The fraction of sp³-hybridized carbons (Fsp3) is 0.619. The maximum atomic E-state index is 12.8. The van der Waals surface area contributed by atoms with Gasteiger partial charge in [0.25, 0.3) is 0 Å². The number of aryl methyl sites for hydroxylation is 1.